The Morgan fingerprint density at radius 2 is 1.10 bits per heavy atom. The van der Waals surface area contributed by atoms with Gasteiger partial charge in [0.15, 0.2) is 0 Å². The zero-order valence-electron chi connectivity index (χ0n) is 20.5. The second-order valence-corrected chi connectivity index (χ2v) is 13.6. The lowest BCUT2D eigenvalue weighted by atomic mass is 10.2. The fourth-order valence-corrected chi connectivity index (χ4v) is 6.32. The number of urea groups is 2. The molecule has 4 amide bonds. The van der Waals surface area contributed by atoms with Crippen molar-refractivity contribution in [2.24, 2.45) is 10.3 Å². The van der Waals surface area contributed by atoms with Gasteiger partial charge >= 0.3 is 22.5 Å². The van der Waals surface area contributed by atoms with Crippen molar-refractivity contribution in [1.29, 1.82) is 0 Å². The Bertz CT molecular complexity index is 1730. The van der Waals surface area contributed by atoms with Gasteiger partial charge in [-0.2, -0.15) is 28.7 Å². The van der Waals surface area contributed by atoms with Gasteiger partial charge in [-0.25, -0.2) is 46.1 Å². The SMILES string of the molecule is NS(=O)(=O)c1cnn(C2=CC3CN(C2)C(=O)N3OS(=O)(=O)ON2C(=O)N3CC(n4cc(S(N)(=O)=O)cn4)=CC2C3)c1. The molecule has 6 rings (SSSR count). The number of rotatable bonds is 8. The summed E-state index contributed by atoms with van der Waals surface area (Å²) < 4.78 is 84.2. The number of carbonyl (C=O) groups excluding carboxylic acids is 2. The third-order valence-electron chi connectivity index (χ3n) is 6.52. The number of sulfonamides is 2. The third-order valence-corrected chi connectivity index (χ3v) is 8.94. The van der Waals surface area contributed by atoms with Crippen molar-refractivity contribution < 1.29 is 43.4 Å². The van der Waals surface area contributed by atoms with Crippen LogP contribution in [0, 0.1) is 0 Å². The highest BCUT2D eigenvalue weighted by atomic mass is 32.3. The van der Waals surface area contributed by atoms with E-state index in [1.165, 1.54) is 31.3 Å². The van der Waals surface area contributed by atoms with Crippen molar-refractivity contribution in [2.45, 2.75) is 21.9 Å². The molecule has 0 saturated carbocycles. The van der Waals surface area contributed by atoms with Gasteiger partial charge in [0, 0.05) is 13.1 Å². The number of hydroxylamine groups is 4. The highest BCUT2D eigenvalue weighted by molar-refractivity contribution is 7.89. The highest BCUT2D eigenvalue weighted by Gasteiger charge is 2.47. The van der Waals surface area contributed by atoms with E-state index in [-0.39, 0.29) is 36.0 Å². The molecule has 4 N–H and O–H groups in total. The Hall–Kier alpha value is -3.87. The van der Waals surface area contributed by atoms with Crippen molar-refractivity contribution in [1.82, 2.24) is 39.5 Å². The Morgan fingerprint density at radius 3 is 1.44 bits per heavy atom. The normalized spacial score (nSPS) is 23.0. The number of amides is 4. The van der Waals surface area contributed by atoms with Crippen molar-refractivity contribution in [3.05, 3.63) is 36.9 Å². The van der Waals surface area contributed by atoms with Gasteiger partial charge in [0.2, 0.25) is 20.0 Å². The number of carbonyl (C=O) groups is 2. The lowest BCUT2D eigenvalue weighted by molar-refractivity contribution is -0.0723. The van der Waals surface area contributed by atoms with Gasteiger partial charge in [0.05, 0.1) is 49.3 Å². The van der Waals surface area contributed by atoms with E-state index in [0.29, 0.717) is 21.5 Å². The van der Waals surface area contributed by atoms with Crippen molar-refractivity contribution in [3.63, 3.8) is 0 Å². The molecule has 0 aromatic carbocycles. The Kier molecular flexibility index (Phi) is 6.04. The largest absolute Gasteiger partial charge is 0.442 e. The van der Waals surface area contributed by atoms with Crippen LogP contribution in [-0.4, -0.2) is 115 Å². The van der Waals surface area contributed by atoms with Gasteiger partial charge in [-0.1, -0.05) is 0 Å². The van der Waals surface area contributed by atoms with Gasteiger partial charge in [-0.3, -0.25) is 0 Å². The minimum atomic E-state index is -5.02. The average molecular weight is 633 g/mol. The van der Waals surface area contributed by atoms with Gasteiger partial charge in [0.25, 0.3) is 0 Å². The quantitative estimate of drug-likeness (QED) is 0.297. The maximum atomic E-state index is 12.8. The fraction of sp³-hybridized carbons (Fsp3) is 0.333. The first-order valence-corrected chi connectivity index (χ1v) is 15.9. The Balaban J connectivity index is 1.18. The predicted octanol–water partition coefficient (Wildman–Crippen LogP) is -2.90. The first kappa shape index (κ1) is 27.3. The molecule has 41 heavy (non-hydrogen) atoms. The van der Waals surface area contributed by atoms with E-state index >= 15 is 0 Å². The molecule has 2 atom stereocenters. The standard InChI is InChI=1S/C18H20N10O10S3/c19-39(31,32)15-3-21-25(9-15)11-1-13-7-23(5-11)17(29)27(13)37-41(35,36)38-28-14-2-12(6-24(8-14)18(28)30)26-10-16(4-22-26)40(20,33)34/h1-4,9-10,13-14H,5-8H2,(H2,19,31,32)(H2,20,33,34). The maximum absolute atomic E-state index is 12.8. The van der Waals surface area contributed by atoms with E-state index in [9.17, 15) is 34.8 Å². The zero-order chi connectivity index (χ0) is 29.5. The van der Waals surface area contributed by atoms with Crippen LogP contribution < -0.4 is 10.3 Å². The summed E-state index contributed by atoms with van der Waals surface area (Å²) in [7, 11) is -13.1. The molecule has 0 spiro atoms. The number of hydrogen-bond acceptors (Lipinski definition) is 12. The molecule has 220 valence electrons. The number of primary sulfonamides is 2. The number of hydrogen-bond donors (Lipinski definition) is 2. The fourth-order valence-electron chi connectivity index (χ4n) is 4.67. The van der Waals surface area contributed by atoms with Gasteiger partial charge < -0.3 is 9.80 Å². The van der Waals surface area contributed by atoms with E-state index in [2.05, 4.69) is 10.2 Å². The molecular formula is C18H20N10O10S3. The van der Waals surface area contributed by atoms with Gasteiger partial charge in [-0.05, 0) is 12.2 Å². The summed E-state index contributed by atoms with van der Waals surface area (Å²) >= 11 is 0. The molecule has 2 saturated heterocycles. The van der Waals surface area contributed by atoms with Gasteiger partial charge in [0.1, 0.15) is 21.9 Å². The molecular weight excluding hydrogens is 612 g/mol. The molecule has 20 nitrogen and oxygen atoms in total. The van der Waals surface area contributed by atoms with E-state index in [4.69, 9.17) is 18.8 Å². The Morgan fingerprint density at radius 1 is 0.707 bits per heavy atom. The molecule has 4 aliphatic rings. The van der Waals surface area contributed by atoms with Gasteiger partial charge in [-0.15, -0.1) is 8.57 Å². The zero-order valence-corrected chi connectivity index (χ0v) is 22.9. The second kappa shape index (κ2) is 9.07. The molecule has 4 bridgehead atoms. The number of nitrogens with two attached hydrogens (primary N) is 2. The van der Waals surface area contributed by atoms with Crippen molar-refractivity contribution in [3.8, 4) is 0 Å². The lowest BCUT2D eigenvalue weighted by Crippen LogP contribution is -2.40. The molecule has 0 radical (unpaired) electrons. The third kappa shape index (κ3) is 4.96. The summed E-state index contributed by atoms with van der Waals surface area (Å²) in [4.78, 5) is 27.6. The molecule has 23 heteroatoms. The topological polar surface area (TPSA) is 256 Å². The van der Waals surface area contributed by atoms with Crippen LogP contribution in [0.4, 0.5) is 9.59 Å². The average Bonchev–Trinajstić information content (AvgIpc) is 3.66. The Labute approximate surface area is 231 Å². The number of aromatic nitrogens is 4. The molecule has 2 aromatic rings. The minimum absolute atomic E-state index is 0.0440. The molecule has 0 aliphatic carbocycles. The van der Waals surface area contributed by atoms with Crippen molar-refractivity contribution >= 4 is 53.9 Å². The van der Waals surface area contributed by atoms with Crippen LogP contribution in [0.3, 0.4) is 0 Å². The molecule has 2 fully saturated rings. The van der Waals surface area contributed by atoms with Crippen LogP contribution in [-0.2, 0) is 39.0 Å². The molecule has 4 aliphatic heterocycles. The maximum Gasteiger partial charge on any atom is 0.442 e. The molecule has 2 aromatic heterocycles. The molecule has 6 heterocycles. The first-order chi connectivity index (χ1) is 19.1. The molecule has 2 unspecified atom stereocenters. The summed E-state index contributed by atoms with van der Waals surface area (Å²) in [5.74, 6) is 0. The van der Waals surface area contributed by atoms with Crippen LogP contribution in [0.25, 0.3) is 11.4 Å². The van der Waals surface area contributed by atoms with Crippen LogP contribution in [0.5, 0.6) is 0 Å². The number of fused-ring (bicyclic) bond motifs is 4. The highest BCUT2D eigenvalue weighted by Crippen LogP contribution is 2.31. The predicted molar refractivity (Wildman–Crippen MR) is 132 cm³/mol. The lowest BCUT2D eigenvalue weighted by Gasteiger charge is -2.22. The summed E-state index contributed by atoms with van der Waals surface area (Å²) in [6.07, 6.45) is 7.28. The summed E-state index contributed by atoms with van der Waals surface area (Å²) in [6.45, 7) is 0.0166. The van der Waals surface area contributed by atoms with Crippen LogP contribution in [0.15, 0.2) is 46.7 Å². The monoisotopic (exact) mass is 632 g/mol. The smallest absolute Gasteiger partial charge is 0.314 e. The second-order valence-electron chi connectivity index (χ2n) is 9.32. The summed E-state index contributed by atoms with van der Waals surface area (Å²) in [6, 6.07) is -3.50. The first-order valence-electron chi connectivity index (χ1n) is 11.5. The van der Waals surface area contributed by atoms with E-state index < -0.39 is 54.6 Å². The van der Waals surface area contributed by atoms with Crippen molar-refractivity contribution in [2.75, 3.05) is 26.2 Å². The van der Waals surface area contributed by atoms with E-state index in [1.807, 2.05) is 0 Å². The van der Waals surface area contributed by atoms with E-state index in [0.717, 1.165) is 24.8 Å². The van der Waals surface area contributed by atoms with Crippen LogP contribution in [0.2, 0.25) is 0 Å². The summed E-state index contributed by atoms with van der Waals surface area (Å²) in [5, 5.41) is 19.2. The van der Waals surface area contributed by atoms with Crippen LogP contribution in [0.1, 0.15) is 0 Å². The minimum Gasteiger partial charge on any atom is -0.314 e. The van der Waals surface area contributed by atoms with Crippen LogP contribution >= 0.6 is 0 Å². The van der Waals surface area contributed by atoms with E-state index in [1.54, 1.807) is 0 Å². The summed E-state index contributed by atoms with van der Waals surface area (Å²) in [5.41, 5.74) is 0.708. The number of nitrogens with zero attached hydrogens (tertiary/aromatic N) is 8.